The molecule has 2 saturated heterocycles. The van der Waals surface area contributed by atoms with Gasteiger partial charge < -0.3 is 15.1 Å². The van der Waals surface area contributed by atoms with Gasteiger partial charge in [0.1, 0.15) is 6.04 Å². The van der Waals surface area contributed by atoms with Crippen LogP contribution in [0, 0.1) is 5.92 Å². The summed E-state index contributed by atoms with van der Waals surface area (Å²) in [5.41, 5.74) is 0. The zero-order chi connectivity index (χ0) is 15.2. The van der Waals surface area contributed by atoms with E-state index < -0.39 is 0 Å². The van der Waals surface area contributed by atoms with Crippen LogP contribution >= 0.6 is 0 Å². The number of rotatable bonds is 5. The van der Waals surface area contributed by atoms with Gasteiger partial charge in [-0.2, -0.15) is 0 Å². The van der Waals surface area contributed by atoms with E-state index in [4.69, 9.17) is 0 Å². The fourth-order valence-corrected chi connectivity index (χ4v) is 3.54. The summed E-state index contributed by atoms with van der Waals surface area (Å²) in [4.78, 5) is 28.6. The van der Waals surface area contributed by atoms with Crippen molar-refractivity contribution in [1.82, 2.24) is 15.1 Å². The molecule has 2 fully saturated rings. The Morgan fingerprint density at radius 1 is 1.14 bits per heavy atom. The van der Waals surface area contributed by atoms with Gasteiger partial charge in [-0.15, -0.1) is 0 Å². The lowest BCUT2D eigenvalue weighted by molar-refractivity contribution is -0.144. The van der Waals surface area contributed by atoms with Gasteiger partial charge in [-0.1, -0.05) is 6.92 Å². The first kappa shape index (κ1) is 16.3. The minimum atomic E-state index is -0.190. The molecular formula is C16H29N3O2. The molecule has 0 aromatic rings. The first-order valence-corrected chi connectivity index (χ1v) is 8.40. The summed E-state index contributed by atoms with van der Waals surface area (Å²) < 4.78 is 0. The maximum Gasteiger partial charge on any atom is 0.245 e. The zero-order valence-electron chi connectivity index (χ0n) is 13.4. The van der Waals surface area contributed by atoms with E-state index in [1.54, 1.807) is 0 Å². The Hall–Kier alpha value is -1.10. The standard InChI is InChI=1S/C16H29N3O2/c1-3-5-15(20)19-9-4-6-14(19)16(21)18-10-7-13(8-11-18)12-17-2/h13-14,17H,3-12H2,1-2H3. The lowest BCUT2D eigenvalue weighted by atomic mass is 9.96. The molecule has 0 aromatic heterocycles. The lowest BCUT2D eigenvalue weighted by Crippen LogP contribution is -2.50. The first-order chi connectivity index (χ1) is 10.2. The second-order valence-electron chi connectivity index (χ2n) is 6.32. The van der Waals surface area contributed by atoms with Gasteiger partial charge in [-0.05, 0) is 51.6 Å². The van der Waals surface area contributed by atoms with E-state index in [1.807, 2.05) is 23.8 Å². The van der Waals surface area contributed by atoms with Gasteiger partial charge in [0, 0.05) is 26.1 Å². The normalized spacial score (nSPS) is 23.6. The van der Waals surface area contributed by atoms with Crippen molar-refractivity contribution in [3.63, 3.8) is 0 Å². The number of nitrogens with one attached hydrogen (secondary N) is 1. The number of amides is 2. The van der Waals surface area contributed by atoms with E-state index in [9.17, 15) is 9.59 Å². The van der Waals surface area contributed by atoms with E-state index in [0.717, 1.165) is 58.3 Å². The van der Waals surface area contributed by atoms with Gasteiger partial charge in [0.05, 0.1) is 0 Å². The Morgan fingerprint density at radius 3 is 2.48 bits per heavy atom. The fraction of sp³-hybridized carbons (Fsp3) is 0.875. The average molecular weight is 295 g/mol. The van der Waals surface area contributed by atoms with E-state index >= 15 is 0 Å². The molecule has 1 unspecified atom stereocenters. The average Bonchev–Trinajstić information content (AvgIpc) is 2.97. The number of piperidine rings is 1. The molecule has 0 aromatic carbocycles. The van der Waals surface area contributed by atoms with E-state index in [1.165, 1.54) is 0 Å². The monoisotopic (exact) mass is 295 g/mol. The molecule has 1 atom stereocenters. The zero-order valence-corrected chi connectivity index (χ0v) is 13.4. The SMILES string of the molecule is CCCC(=O)N1CCCC1C(=O)N1CCC(CNC)CC1. The van der Waals surface area contributed by atoms with Crippen LogP contribution in [-0.4, -0.2) is 60.9 Å². The molecule has 0 bridgehead atoms. The third-order valence-corrected chi connectivity index (χ3v) is 4.74. The van der Waals surface area contributed by atoms with Crippen molar-refractivity contribution >= 4 is 11.8 Å². The summed E-state index contributed by atoms with van der Waals surface area (Å²) in [6.07, 6.45) is 5.36. The molecule has 2 heterocycles. The predicted molar refractivity (Wildman–Crippen MR) is 82.9 cm³/mol. The molecule has 2 rings (SSSR count). The molecule has 0 saturated carbocycles. The molecule has 0 aliphatic carbocycles. The topological polar surface area (TPSA) is 52.7 Å². The van der Waals surface area contributed by atoms with Crippen LogP contribution in [0.1, 0.15) is 45.4 Å². The highest BCUT2D eigenvalue weighted by Crippen LogP contribution is 2.24. The molecule has 0 radical (unpaired) electrons. The molecular weight excluding hydrogens is 266 g/mol. The number of nitrogens with zero attached hydrogens (tertiary/aromatic N) is 2. The summed E-state index contributed by atoms with van der Waals surface area (Å²) in [5.74, 6) is 1.01. The summed E-state index contributed by atoms with van der Waals surface area (Å²) in [5, 5.41) is 3.22. The van der Waals surface area contributed by atoms with E-state index in [-0.39, 0.29) is 17.9 Å². The second kappa shape index (κ2) is 7.78. The smallest absolute Gasteiger partial charge is 0.245 e. The van der Waals surface area contributed by atoms with Crippen molar-refractivity contribution in [2.45, 2.75) is 51.5 Å². The van der Waals surface area contributed by atoms with Crippen LogP contribution in [0.25, 0.3) is 0 Å². The van der Waals surface area contributed by atoms with Gasteiger partial charge in [0.25, 0.3) is 0 Å². The Morgan fingerprint density at radius 2 is 1.86 bits per heavy atom. The van der Waals surface area contributed by atoms with Gasteiger partial charge in [0.15, 0.2) is 0 Å². The maximum atomic E-state index is 12.7. The molecule has 2 aliphatic heterocycles. The molecule has 1 N–H and O–H groups in total. The van der Waals surface area contributed by atoms with Crippen molar-refractivity contribution in [2.24, 2.45) is 5.92 Å². The molecule has 2 aliphatic rings. The Balaban J connectivity index is 1.89. The first-order valence-electron chi connectivity index (χ1n) is 8.40. The highest BCUT2D eigenvalue weighted by Gasteiger charge is 2.36. The fourth-order valence-electron chi connectivity index (χ4n) is 3.54. The summed E-state index contributed by atoms with van der Waals surface area (Å²) in [6.45, 7) is 5.49. The minimum Gasteiger partial charge on any atom is -0.341 e. The highest BCUT2D eigenvalue weighted by atomic mass is 16.2. The Bertz CT molecular complexity index is 365. The van der Waals surface area contributed by atoms with Crippen LogP contribution in [-0.2, 0) is 9.59 Å². The van der Waals surface area contributed by atoms with Crippen molar-refractivity contribution < 1.29 is 9.59 Å². The van der Waals surface area contributed by atoms with E-state index in [2.05, 4.69) is 5.32 Å². The van der Waals surface area contributed by atoms with Crippen molar-refractivity contribution in [3.8, 4) is 0 Å². The number of likely N-dealkylation sites (tertiary alicyclic amines) is 2. The van der Waals surface area contributed by atoms with Gasteiger partial charge in [0.2, 0.25) is 11.8 Å². The Kier molecular flexibility index (Phi) is 6.03. The van der Waals surface area contributed by atoms with Crippen LogP contribution < -0.4 is 5.32 Å². The van der Waals surface area contributed by atoms with Crippen LogP contribution in [0.2, 0.25) is 0 Å². The lowest BCUT2D eigenvalue weighted by Gasteiger charge is -2.35. The number of hydrogen-bond donors (Lipinski definition) is 1. The third kappa shape index (κ3) is 3.96. The number of hydrogen-bond acceptors (Lipinski definition) is 3. The highest BCUT2D eigenvalue weighted by molar-refractivity contribution is 5.88. The molecule has 21 heavy (non-hydrogen) atoms. The van der Waals surface area contributed by atoms with Crippen molar-refractivity contribution in [3.05, 3.63) is 0 Å². The van der Waals surface area contributed by atoms with Crippen molar-refractivity contribution in [1.29, 1.82) is 0 Å². The summed E-state index contributed by atoms with van der Waals surface area (Å²) in [7, 11) is 1.98. The number of carbonyl (C=O) groups excluding carboxylic acids is 2. The van der Waals surface area contributed by atoms with Crippen molar-refractivity contribution in [2.75, 3.05) is 33.2 Å². The molecule has 5 nitrogen and oxygen atoms in total. The minimum absolute atomic E-state index is 0.151. The molecule has 120 valence electrons. The quantitative estimate of drug-likeness (QED) is 0.830. The van der Waals surface area contributed by atoms with Crippen LogP contribution in [0.4, 0.5) is 0 Å². The molecule has 0 spiro atoms. The van der Waals surface area contributed by atoms with Gasteiger partial charge >= 0.3 is 0 Å². The summed E-state index contributed by atoms with van der Waals surface area (Å²) >= 11 is 0. The van der Waals surface area contributed by atoms with Crippen LogP contribution in [0.15, 0.2) is 0 Å². The molecule has 5 heteroatoms. The second-order valence-corrected chi connectivity index (χ2v) is 6.32. The predicted octanol–water partition coefficient (Wildman–Crippen LogP) is 1.24. The molecule has 2 amide bonds. The third-order valence-electron chi connectivity index (χ3n) is 4.74. The maximum absolute atomic E-state index is 12.7. The van der Waals surface area contributed by atoms with Gasteiger partial charge in [-0.25, -0.2) is 0 Å². The summed E-state index contributed by atoms with van der Waals surface area (Å²) in [6, 6.07) is -0.190. The van der Waals surface area contributed by atoms with Gasteiger partial charge in [-0.3, -0.25) is 9.59 Å². The van der Waals surface area contributed by atoms with Crippen LogP contribution in [0.3, 0.4) is 0 Å². The van der Waals surface area contributed by atoms with E-state index in [0.29, 0.717) is 12.3 Å². The Labute approximate surface area is 128 Å². The largest absolute Gasteiger partial charge is 0.341 e. The van der Waals surface area contributed by atoms with Crippen LogP contribution in [0.5, 0.6) is 0 Å². The number of carbonyl (C=O) groups is 2.